The molecule has 1 N–H and O–H groups in total. The van der Waals surface area contributed by atoms with Crippen LogP contribution in [-0.4, -0.2) is 34.0 Å². The van der Waals surface area contributed by atoms with E-state index in [0.717, 1.165) is 11.1 Å². The molecule has 2 amide bonds. The molecule has 0 heterocycles. The van der Waals surface area contributed by atoms with E-state index in [1.54, 1.807) is 17.0 Å². The number of benzene rings is 2. The van der Waals surface area contributed by atoms with Crippen molar-refractivity contribution in [3.63, 3.8) is 0 Å². The number of hydrogen-bond acceptors (Lipinski definition) is 3. The Labute approximate surface area is 199 Å². The highest BCUT2D eigenvalue weighted by molar-refractivity contribution is 7.99. The second-order valence-electron chi connectivity index (χ2n) is 8.43. The first-order valence-electron chi connectivity index (χ1n) is 10.3. The van der Waals surface area contributed by atoms with Crippen molar-refractivity contribution < 1.29 is 9.59 Å². The highest BCUT2D eigenvalue weighted by atomic mass is 35.5. The lowest BCUT2D eigenvalue weighted by molar-refractivity contribution is -0.140. The van der Waals surface area contributed by atoms with Gasteiger partial charge in [0, 0.05) is 27.9 Å². The Kier molecular flexibility index (Phi) is 9.73. The smallest absolute Gasteiger partial charge is 0.243 e. The monoisotopic (exact) mass is 480 g/mol. The molecule has 0 bridgehead atoms. The van der Waals surface area contributed by atoms with E-state index in [1.165, 1.54) is 11.8 Å². The van der Waals surface area contributed by atoms with E-state index in [4.69, 9.17) is 23.2 Å². The van der Waals surface area contributed by atoms with Crippen LogP contribution in [-0.2, 0) is 21.9 Å². The van der Waals surface area contributed by atoms with Gasteiger partial charge < -0.3 is 10.2 Å². The van der Waals surface area contributed by atoms with Gasteiger partial charge in [0.2, 0.25) is 11.8 Å². The number of nitrogens with one attached hydrogen (secondary N) is 1. The first-order valence-corrected chi connectivity index (χ1v) is 12.2. The van der Waals surface area contributed by atoms with Crippen molar-refractivity contribution in [2.45, 2.75) is 58.0 Å². The van der Waals surface area contributed by atoms with Gasteiger partial charge in [-0.15, -0.1) is 11.8 Å². The second-order valence-corrected chi connectivity index (χ2v) is 10.3. The molecular formula is C24H30Cl2N2O2S. The van der Waals surface area contributed by atoms with Crippen molar-refractivity contribution in [1.29, 1.82) is 0 Å². The van der Waals surface area contributed by atoms with Crippen LogP contribution in [0.5, 0.6) is 0 Å². The molecule has 0 aliphatic carbocycles. The van der Waals surface area contributed by atoms with Gasteiger partial charge in [-0.3, -0.25) is 9.59 Å². The molecule has 7 heteroatoms. The second kappa shape index (κ2) is 11.8. The zero-order chi connectivity index (χ0) is 23.0. The van der Waals surface area contributed by atoms with Crippen LogP contribution < -0.4 is 5.32 Å². The number of thioether (sulfide) groups is 1. The van der Waals surface area contributed by atoms with E-state index < -0.39 is 6.04 Å². The third kappa shape index (κ3) is 8.76. The van der Waals surface area contributed by atoms with Gasteiger partial charge in [-0.05, 0) is 62.6 Å². The minimum Gasteiger partial charge on any atom is -0.350 e. The largest absolute Gasteiger partial charge is 0.350 e. The van der Waals surface area contributed by atoms with Gasteiger partial charge in [0.15, 0.2) is 0 Å². The number of carbonyl (C=O) groups is 2. The number of hydrogen-bond donors (Lipinski definition) is 1. The summed E-state index contributed by atoms with van der Waals surface area (Å²) in [6.07, 6.45) is 0.528. The average molecular weight is 481 g/mol. The molecule has 2 rings (SSSR count). The summed E-state index contributed by atoms with van der Waals surface area (Å²) in [5.41, 5.74) is 1.62. The lowest BCUT2D eigenvalue weighted by Gasteiger charge is -2.33. The molecule has 4 nitrogen and oxygen atoms in total. The van der Waals surface area contributed by atoms with Gasteiger partial charge in [-0.2, -0.15) is 0 Å². The van der Waals surface area contributed by atoms with E-state index in [9.17, 15) is 9.59 Å². The van der Waals surface area contributed by atoms with Crippen molar-refractivity contribution in [3.05, 3.63) is 69.7 Å². The Hall–Kier alpha value is -1.69. The van der Waals surface area contributed by atoms with Gasteiger partial charge in [0.1, 0.15) is 6.04 Å². The van der Waals surface area contributed by atoms with Crippen molar-refractivity contribution in [3.8, 4) is 0 Å². The lowest BCUT2D eigenvalue weighted by atomic mass is 10.1. The zero-order valence-electron chi connectivity index (χ0n) is 18.5. The molecule has 1 atom stereocenters. The fourth-order valence-corrected chi connectivity index (χ4v) is 4.32. The molecule has 0 spiro atoms. The van der Waals surface area contributed by atoms with Gasteiger partial charge in [-0.1, -0.05) is 54.4 Å². The highest BCUT2D eigenvalue weighted by Gasteiger charge is 2.30. The molecule has 0 saturated carbocycles. The molecule has 0 radical (unpaired) electrons. The van der Waals surface area contributed by atoms with Crippen molar-refractivity contribution in [2.24, 2.45) is 0 Å². The Morgan fingerprint density at radius 1 is 1.03 bits per heavy atom. The van der Waals surface area contributed by atoms with Crippen LogP contribution in [0.3, 0.4) is 0 Å². The predicted octanol–water partition coefficient (Wildman–Crippen LogP) is 5.95. The van der Waals surface area contributed by atoms with Crippen LogP contribution in [0.1, 0.15) is 45.2 Å². The van der Waals surface area contributed by atoms with Crippen LogP contribution in [0.4, 0.5) is 0 Å². The predicted molar refractivity (Wildman–Crippen MR) is 132 cm³/mol. The fraction of sp³-hybridized carbons (Fsp3) is 0.417. The Balaban J connectivity index is 2.15. The summed E-state index contributed by atoms with van der Waals surface area (Å²) in [7, 11) is 0. The molecule has 0 aromatic heterocycles. The third-order valence-corrected chi connectivity index (χ3v) is 6.01. The van der Waals surface area contributed by atoms with Gasteiger partial charge in [0.05, 0.1) is 5.75 Å². The number of rotatable bonds is 9. The van der Waals surface area contributed by atoms with Crippen LogP contribution in [0.25, 0.3) is 0 Å². The van der Waals surface area contributed by atoms with Crippen LogP contribution in [0.15, 0.2) is 48.5 Å². The van der Waals surface area contributed by atoms with E-state index in [-0.39, 0.29) is 23.1 Å². The Morgan fingerprint density at radius 2 is 1.71 bits per heavy atom. The first-order chi connectivity index (χ1) is 14.6. The SMILES string of the molecule is CCC(C(=O)NC(C)(C)C)N(Cc1ccc(Cl)cc1)C(=O)CSCc1cccc(Cl)c1. The van der Waals surface area contributed by atoms with Crippen LogP contribution >= 0.6 is 35.0 Å². The molecule has 2 aromatic rings. The summed E-state index contributed by atoms with van der Waals surface area (Å²) in [5.74, 6) is 0.737. The highest BCUT2D eigenvalue weighted by Crippen LogP contribution is 2.20. The van der Waals surface area contributed by atoms with Crippen molar-refractivity contribution in [2.75, 3.05) is 5.75 Å². The molecule has 0 fully saturated rings. The summed E-state index contributed by atoms with van der Waals surface area (Å²) in [5, 5.41) is 4.33. The van der Waals surface area contributed by atoms with Crippen LogP contribution in [0.2, 0.25) is 10.0 Å². The average Bonchev–Trinajstić information content (AvgIpc) is 2.68. The fourth-order valence-electron chi connectivity index (χ4n) is 3.12. The number of amides is 2. The Morgan fingerprint density at radius 3 is 2.29 bits per heavy atom. The normalized spacial score (nSPS) is 12.3. The molecule has 168 valence electrons. The Bertz CT molecular complexity index is 882. The van der Waals surface area contributed by atoms with Gasteiger partial charge >= 0.3 is 0 Å². The molecule has 0 aliphatic rings. The van der Waals surface area contributed by atoms with Crippen molar-refractivity contribution in [1.82, 2.24) is 10.2 Å². The zero-order valence-corrected chi connectivity index (χ0v) is 20.8. The third-order valence-electron chi connectivity index (χ3n) is 4.53. The van der Waals surface area contributed by atoms with E-state index in [2.05, 4.69) is 5.32 Å². The molecule has 1 unspecified atom stereocenters. The standard InChI is InChI=1S/C24H30Cl2N2O2S/c1-5-21(23(30)27-24(2,3)4)28(14-17-9-11-19(25)12-10-17)22(29)16-31-15-18-7-6-8-20(26)13-18/h6-13,21H,5,14-16H2,1-4H3,(H,27,30). The molecular weight excluding hydrogens is 451 g/mol. The molecule has 31 heavy (non-hydrogen) atoms. The topological polar surface area (TPSA) is 49.4 Å². The summed E-state index contributed by atoms with van der Waals surface area (Å²) in [6.45, 7) is 8.08. The van der Waals surface area contributed by atoms with E-state index in [1.807, 2.05) is 64.1 Å². The molecule has 0 aliphatic heterocycles. The first kappa shape index (κ1) is 25.6. The summed E-state index contributed by atoms with van der Waals surface area (Å²) >= 11 is 13.6. The summed E-state index contributed by atoms with van der Waals surface area (Å²) < 4.78 is 0. The maximum atomic E-state index is 13.2. The summed E-state index contributed by atoms with van der Waals surface area (Å²) in [4.78, 5) is 27.9. The number of carbonyl (C=O) groups excluding carboxylic acids is 2. The van der Waals surface area contributed by atoms with E-state index in [0.29, 0.717) is 28.8 Å². The summed E-state index contributed by atoms with van der Waals surface area (Å²) in [6, 6.07) is 14.4. The molecule has 2 aromatic carbocycles. The molecule has 0 saturated heterocycles. The van der Waals surface area contributed by atoms with Gasteiger partial charge in [0.25, 0.3) is 0 Å². The quantitative estimate of drug-likeness (QED) is 0.482. The number of halogens is 2. The maximum Gasteiger partial charge on any atom is 0.243 e. The minimum absolute atomic E-state index is 0.0714. The number of nitrogens with zero attached hydrogens (tertiary/aromatic N) is 1. The van der Waals surface area contributed by atoms with Crippen molar-refractivity contribution >= 4 is 46.8 Å². The minimum atomic E-state index is -0.547. The van der Waals surface area contributed by atoms with Gasteiger partial charge in [-0.25, -0.2) is 0 Å². The van der Waals surface area contributed by atoms with E-state index >= 15 is 0 Å². The van der Waals surface area contributed by atoms with Crippen LogP contribution in [0, 0.1) is 0 Å². The lowest BCUT2D eigenvalue weighted by Crippen LogP contribution is -2.53. The maximum absolute atomic E-state index is 13.2.